The van der Waals surface area contributed by atoms with E-state index in [0.29, 0.717) is 11.9 Å². The summed E-state index contributed by atoms with van der Waals surface area (Å²) in [5.74, 6) is 0.637. The molecule has 7 nitrogen and oxygen atoms in total. The predicted molar refractivity (Wildman–Crippen MR) is 84.9 cm³/mol. The fourth-order valence-corrected chi connectivity index (χ4v) is 3.33. The van der Waals surface area contributed by atoms with Gasteiger partial charge in [-0.15, -0.1) is 0 Å². The summed E-state index contributed by atoms with van der Waals surface area (Å²) in [7, 11) is 1.82. The number of nitrogens with zero attached hydrogens (tertiary/aromatic N) is 3. The van der Waals surface area contributed by atoms with Crippen molar-refractivity contribution in [3.8, 4) is 11.4 Å². The molecule has 2 fully saturated rings. The molecule has 0 saturated carbocycles. The lowest BCUT2D eigenvalue weighted by Gasteiger charge is -2.20. The Morgan fingerprint density at radius 3 is 3.00 bits per heavy atom. The number of urea groups is 1. The molecule has 0 spiro atoms. The maximum Gasteiger partial charge on any atom is 0.319 e. The molecule has 23 heavy (non-hydrogen) atoms. The van der Waals surface area contributed by atoms with Crippen LogP contribution in [0.4, 0.5) is 10.5 Å². The molecule has 3 unspecified atom stereocenters. The quantitative estimate of drug-likeness (QED) is 0.907. The van der Waals surface area contributed by atoms with Crippen LogP contribution in [-0.4, -0.2) is 39.0 Å². The average Bonchev–Trinajstić information content (AvgIpc) is 3.24. The number of carbonyl (C=O) groups excluding carboxylic acids is 1. The number of anilines is 1. The van der Waals surface area contributed by atoms with Crippen molar-refractivity contribution in [1.82, 2.24) is 20.1 Å². The van der Waals surface area contributed by atoms with Crippen LogP contribution in [-0.2, 0) is 11.8 Å². The zero-order chi connectivity index (χ0) is 15.8. The SMILES string of the molecule is Cn1cnc(-c2cccc(NC(=O)NC3CC4CCC3O4)c2)n1. The molecular formula is C16H19N5O2. The van der Waals surface area contributed by atoms with Gasteiger partial charge in [-0.2, -0.15) is 5.10 Å². The van der Waals surface area contributed by atoms with Gasteiger partial charge in [-0.05, 0) is 31.4 Å². The van der Waals surface area contributed by atoms with Crippen LogP contribution in [0, 0.1) is 0 Å². The summed E-state index contributed by atoms with van der Waals surface area (Å²) in [6.07, 6.45) is 5.21. The third-order valence-corrected chi connectivity index (χ3v) is 4.40. The van der Waals surface area contributed by atoms with E-state index in [-0.39, 0.29) is 18.2 Å². The molecule has 2 bridgehead atoms. The molecule has 2 saturated heterocycles. The lowest BCUT2D eigenvalue weighted by Crippen LogP contribution is -2.43. The molecule has 1 aromatic carbocycles. The average molecular weight is 313 g/mol. The van der Waals surface area contributed by atoms with Gasteiger partial charge in [0.05, 0.1) is 18.2 Å². The number of rotatable bonds is 3. The van der Waals surface area contributed by atoms with Gasteiger partial charge in [0, 0.05) is 18.3 Å². The van der Waals surface area contributed by atoms with Crippen molar-refractivity contribution in [2.75, 3.05) is 5.32 Å². The van der Waals surface area contributed by atoms with Crippen molar-refractivity contribution in [2.24, 2.45) is 7.05 Å². The normalized spacial score (nSPS) is 25.5. The molecule has 2 aliphatic rings. The maximum atomic E-state index is 12.2. The van der Waals surface area contributed by atoms with E-state index >= 15 is 0 Å². The van der Waals surface area contributed by atoms with E-state index in [4.69, 9.17) is 4.74 Å². The van der Waals surface area contributed by atoms with Gasteiger partial charge in [-0.3, -0.25) is 4.68 Å². The summed E-state index contributed by atoms with van der Waals surface area (Å²) in [6, 6.07) is 7.44. The largest absolute Gasteiger partial charge is 0.373 e. The molecule has 4 rings (SSSR count). The summed E-state index contributed by atoms with van der Waals surface area (Å²) in [4.78, 5) is 16.4. The van der Waals surface area contributed by atoms with Gasteiger partial charge in [0.1, 0.15) is 6.33 Å². The van der Waals surface area contributed by atoms with Crippen molar-refractivity contribution in [2.45, 2.75) is 37.5 Å². The van der Waals surface area contributed by atoms with E-state index in [1.165, 1.54) is 0 Å². The fraction of sp³-hybridized carbons (Fsp3) is 0.438. The molecule has 7 heteroatoms. The van der Waals surface area contributed by atoms with Crippen LogP contribution < -0.4 is 10.6 Å². The Bertz CT molecular complexity index is 729. The first-order valence-electron chi connectivity index (χ1n) is 7.86. The first kappa shape index (κ1) is 14.2. The minimum Gasteiger partial charge on any atom is -0.373 e. The van der Waals surface area contributed by atoms with Gasteiger partial charge in [-0.25, -0.2) is 9.78 Å². The molecule has 3 heterocycles. The second-order valence-electron chi connectivity index (χ2n) is 6.14. The number of hydrogen-bond acceptors (Lipinski definition) is 4. The maximum absolute atomic E-state index is 12.2. The van der Waals surface area contributed by atoms with Gasteiger partial charge in [0.2, 0.25) is 0 Å². The monoisotopic (exact) mass is 313 g/mol. The molecule has 120 valence electrons. The van der Waals surface area contributed by atoms with Crippen molar-refractivity contribution < 1.29 is 9.53 Å². The Morgan fingerprint density at radius 1 is 1.39 bits per heavy atom. The lowest BCUT2D eigenvalue weighted by molar-refractivity contribution is 0.0984. The van der Waals surface area contributed by atoms with E-state index in [0.717, 1.165) is 30.5 Å². The van der Waals surface area contributed by atoms with Crippen LogP contribution in [0.25, 0.3) is 11.4 Å². The number of amides is 2. The van der Waals surface area contributed by atoms with Gasteiger partial charge < -0.3 is 15.4 Å². The highest BCUT2D eigenvalue weighted by molar-refractivity contribution is 5.90. The van der Waals surface area contributed by atoms with Crippen molar-refractivity contribution >= 4 is 11.7 Å². The Kier molecular flexibility index (Phi) is 3.49. The van der Waals surface area contributed by atoms with Crippen LogP contribution in [0.15, 0.2) is 30.6 Å². The van der Waals surface area contributed by atoms with Gasteiger partial charge in [-0.1, -0.05) is 12.1 Å². The highest BCUT2D eigenvalue weighted by atomic mass is 16.5. The van der Waals surface area contributed by atoms with Crippen LogP contribution in [0.5, 0.6) is 0 Å². The second-order valence-corrected chi connectivity index (χ2v) is 6.14. The third-order valence-electron chi connectivity index (χ3n) is 4.40. The Hall–Kier alpha value is -2.41. The van der Waals surface area contributed by atoms with Crippen LogP contribution in [0.1, 0.15) is 19.3 Å². The van der Waals surface area contributed by atoms with Gasteiger partial charge in [0.15, 0.2) is 5.82 Å². The summed E-state index contributed by atoms with van der Waals surface area (Å²) in [5.41, 5.74) is 1.59. The van der Waals surface area contributed by atoms with E-state index in [2.05, 4.69) is 20.7 Å². The molecule has 2 N–H and O–H groups in total. The third kappa shape index (κ3) is 2.92. The van der Waals surface area contributed by atoms with E-state index < -0.39 is 0 Å². The summed E-state index contributed by atoms with van der Waals surface area (Å²) in [6.45, 7) is 0. The minimum absolute atomic E-state index is 0.120. The van der Waals surface area contributed by atoms with Crippen molar-refractivity contribution in [1.29, 1.82) is 0 Å². The summed E-state index contributed by atoms with van der Waals surface area (Å²) >= 11 is 0. The van der Waals surface area contributed by atoms with Crippen molar-refractivity contribution in [3.63, 3.8) is 0 Å². The zero-order valence-corrected chi connectivity index (χ0v) is 12.9. The smallest absolute Gasteiger partial charge is 0.319 e. The molecule has 2 aromatic rings. The molecule has 0 radical (unpaired) electrons. The van der Waals surface area contributed by atoms with Crippen LogP contribution >= 0.6 is 0 Å². The summed E-state index contributed by atoms with van der Waals surface area (Å²) in [5, 5.41) is 10.2. The Labute approximate surface area is 134 Å². The van der Waals surface area contributed by atoms with Gasteiger partial charge >= 0.3 is 6.03 Å². The van der Waals surface area contributed by atoms with Crippen LogP contribution in [0.3, 0.4) is 0 Å². The first-order valence-corrected chi connectivity index (χ1v) is 7.86. The second kappa shape index (κ2) is 5.66. The summed E-state index contributed by atoms with van der Waals surface area (Å²) < 4.78 is 7.40. The lowest BCUT2D eigenvalue weighted by atomic mass is 9.96. The number of benzene rings is 1. The topological polar surface area (TPSA) is 81.1 Å². The molecule has 2 aliphatic heterocycles. The zero-order valence-electron chi connectivity index (χ0n) is 12.9. The number of nitrogens with one attached hydrogen (secondary N) is 2. The highest BCUT2D eigenvalue weighted by Gasteiger charge is 2.41. The molecule has 0 aliphatic carbocycles. The van der Waals surface area contributed by atoms with E-state index in [9.17, 15) is 4.79 Å². The number of fused-ring (bicyclic) bond motifs is 2. The number of aryl methyl sites for hydroxylation is 1. The number of aromatic nitrogens is 3. The Balaban J connectivity index is 1.41. The molecular weight excluding hydrogens is 294 g/mol. The predicted octanol–water partition coefficient (Wildman–Crippen LogP) is 1.92. The van der Waals surface area contributed by atoms with E-state index in [1.54, 1.807) is 11.0 Å². The molecule has 1 aromatic heterocycles. The molecule has 2 amide bonds. The number of ether oxygens (including phenoxy) is 1. The van der Waals surface area contributed by atoms with Crippen molar-refractivity contribution in [3.05, 3.63) is 30.6 Å². The highest BCUT2D eigenvalue weighted by Crippen LogP contribution is 2.34. The molecule has 3 atom stereocenters. The standard InChI is InChI=1S/C16H19N5O2/c1-21-9-17-15(20-21)10-3-2-4-11(7-10)18-16(22)19-13-8-12-5-6-14(13)23-12/h2-4,7,9,12-14H,5-6,8H2,1H3,(H2,18,19,22). The van der Waals surface area contributed by atoms with Gasteiger partial charge in [0.25, 0.3) is 0 Å². The first-order chi connectivity index (χ1) is 11.2. The van der Waals surface area contributed by atoms with Crippen LogP contribution in [0.2, 0.25) is 0 Å². The number of carbonyl (C=O) groups is 1. The Morgan fingerprint density at radius 2 is 2.30 bits per heavy atom. The minimum atomic E-state index is -0.197. The fourth-order valence-electron chi connectivity index (χ4n) is 3.33. The van der Waals surface area contributed by atoms with E-state index in [1.807, 2.05) is 31.3 Å². The number of hydrogen-bond donors (Lipinski definition) is 2.